The van der Waals surface area contributed by atoms with Gasteiger partial charge in [0.15, 0.2) is 0 Å². The molecule has 0 amide bonds. The number of ether oxygens (including phenoxy) is 2. The van der Waals surface area contributed by atoms with E-state index in [1.54, 1.807) is 0 Å². The molecule has 28 heavy (non-hydrogen) atoms. The fraction of sp³-hybridized carbons (Fsp3) is 0.0400. The first kappa shape index (κ1) is 15.6. The van der Waals surface area contributed by atoms with E-state index in [1.807, 2.05) is 30.3 Å². The molecule has 132 valence electrons. The largest absolute Gasteiger partial charge is 0.458 e. The van der Waals surface area contributed by atoms with Crippen LogP contribution in [0, 0.1) is 6.92 Å². The summed E-state index contributed by atoms with van der Waals surface area (Å²) in [4.78, 5) is 0. The summed E-state index contributed by atoms with van der Waals surface area (Å²) in [6, 6.07) is 29.4. The Balaban J connectivity index is 1.62. The zero-order valence-electron chi connectivity index (χ0n) is 15.5. The SMILES string of the molecule is Cc1ccccc1-c1ccc2c(c1)B1c3ccccc3Oc3cccc(c31)O2. The van der Waals surface area contributed by atoms with Crippen molar-refractivity contribution in [2.45, 2.75) is 6.92 Å². The lowest BCUT2D eigenvalue weighted by Crippen LogP contribution is -2.57. The Hall–Kier alpha value is -3.46. The summed E-state index contributed by atoms with van der Waals surface area (Å²) in [5.74, 6) is 3.61. The number of fused-ring (bicyclic) bond motifs is 4. The van der Waals surface area contributed by atoms with Gasteiger partial charge in [-0.2, -0.15) is 0 Å². The molecule has 6 rings (SSSR count). The van der Waals surface area contributed by atoms with E-state index in [0.29, 0.717) is 0 Å². The Labute approximate surface area is 164 Å². The number of hydrogen-bond acceptors (Lipinski definition) is 2. The molecule has 0 unspecified atom stereocenters. The van der Waals surface area contributed by atoms with Crippen molar-refractivity contribution in [3.05, 3.63) is 90.5 Å². The standard InChI is InChI=1S/C25H17BO2/c1-16-7-2-3-8-18(16)17-13-14-22-20(15-17)26-19-9-4-5-10-21(19)27-23-11-6-12-24(28-22)25(23)26/h2-15H,1H3. The fourth-order valence-electron chi connectivity index (χ4n) is 4.45. The van der Waals surface area contributed by atoms with E-state index in [4.69, 9.17) is 9.47 Å². The van der Waals surface area contributed by atoms with Crippen molar-refractivity contribution < 1.29 is 9.47 Å². The Bertz CT molecular complexity index is 1230. The van der Waals surface area contributed by atoms with Crippen LogP contribution in [0.4, 0.5) is 0 Å². The Morgan fingerprint density at radius 3 is 2.11 bits per heavy atom. The average molecular weight is 360 g/mol. The first-order chi connectivity index (χ1) is 13.8. The molecule has 0 saturated carbocycles. The zero-order valence-corrected chi connectivity index (χ0v) is 15.5. The molecule has 0 radical (unpaired) electrons. The van der Waals surface area contributed by atoms with Gasteiger partial charge in [-0.3, -0.25) is 0 Å². The van der Waals surface area contributed by atoms with Gasteiger partial charge in [-0.05, 0) is 58.8 Å². The van der Waals surface area contributed by atoms with Crippen LogP contribution in [0.25, 0.3) is 11.1 Å². The lowest BCUT2D eigenvalue weighted by Gasteiger charge is -2.33. The first-order valence-electron chi connectivity index (χ1n) is 9.57. The van der Waals surface area contributed by atoms with Crippen molar-refractivity contribution in [1.82, 2.24) is 0 Å². The third-order valence-corrected chi connectivity index (χ3v) is 5.76. The van der Waals surface area contributed by atoms with E-state index < -0.39 is 0 Å². The van der Waals surface area contributed by atoms with E-state index in [1.165, 1.54) is 27.6 Å². The minimum absolute atomic E-state index is 0.115. The molecule has 0 aromatic heterocycles. The highest BCUT2D eigenvalue weighted by molar-refractivity contribution is 6.98. The third-order valence-electron chi connectivity index (χ3n) is 5.76. The summed E-state index contributed by atoms with van der Waals surface area (Å²) >= 11 is 0. The number of aryl methyl sites for hydroxylation is 1. The molecule has 0 saturated heterocycles. The highest BCUT2D eigenvalue weighted by Crippen LogP contribution is 2.35. The molecule has 0 spiro atoms. The van der Waals surface area contributed by atoms with Gasteiger partial charge in [0.05, 0.1) is 0 Å². The Kier molecular flexibility index (Phi) is 3.21. The molecule has 0 N–H and O–H groups in total. The van der Waals surface area contributed by atoms with Gasteiger partial charge in [0, 0.05) is 5.46 Å². The van der Waals surface area contributed by atoms with Gasteiger partial charge in [0.1, 0.15) is 23.0 Å². The molecule has 3 heteroatoms. The van der Waals surface area contributed by atoms with Crippen LogP contribution in [0.5, 0.6) is 23.0 Å². The molecule has 0 aliphatic carbocycles. The number of rotatable bonds is 1. The topological polar surface area (TPSA) is 18.5 Å². The van der Waals surface area contributed by atoms with Gasteiger partial charge < -0.3 is 9.47 Å². The van der Waals surface area contributed by atoms with Crippen LogP contribution in [-0.2, 0) is 0 Å². The summed E-state index contributed by atoms with van der Waals surface area (Å²) in [6.45, 7) is 2.27. The van der Waals surface area contributed by atoms with Crippen LogP contribution in [0.2, 0.25) is 0 Å². The molecule has 0 atom stereocenters. The van der Waals surface area contributed by atoms with Gasteiger partial charge in [-0.25, -0.2) is 0 Å². The fourth-order valence-corrected chi connectivity index (χ4v) is 4.45. The van der Waals surface area contributed by atoms with Crippen LogP contribution in [-0.4, -0.2) is 6.71 Å². The molecule has 2 aliphatic heterocycles. The normalized spacial score (nSPS) is 13.0. The summed E-state index contributed by atoms with van der Waals surface area (Å²) in [7, 11) is 0. The molecule has 0 bridgehead atoms. The second kappa shape index (κ2) is 5.77. The van der Waals surface area contributed by atoms with E-state index in [0.717, 1.165) is 28.5 Å². The lowest BCUT2D eigenvalue weighted by molar-refractivity contribution is 0.464. The minimum Gasteiger partial charge on any atom is -0.458 e. The van der Waals surface area contributed by atoms with Crippen molar-refractivity contribution in [1.29, 1.82) is 0 Å². The van der Waals surface area contributed by atoms with E-state index in [-0.39, 0.29) is 6.71 Å². The van der Waals surface area contributed by atoms with Crippen LogP contribution in [0.1, 0.15) is 5.56 Å². The molecular weight excluding hydrogens is 343 g/mol. The van der Waals surface area contributed by atoms with Crippen molar-refractivity contribution in [3.8, 4) is 34.1 Å². The second-order valence-corrected chi connectivity index (χ2v) is 7.41. The van der Waals surface area contributed by atoms with Gasteiger partial charge in [0.25, 0.3) is 6.71 Å². The third kappa shape index (κ3) is 2.16. The number of para-hydroxylation sites is 1. The van der Waals surface area contributed by atoms with Crippen LogP contribution in [0.15, 0.2) is 84.9 Å². The van der Waals surface area contributed by atoms with E-state index >= 15 is 0 Å². The summed E-state index contributed by atoms with van der Waals surface area (Å²) in [5, 5.41) is 0. The van der Waals surface area contributed by atoms with E-state index in [2.05, 4.69) is 61.5 Å². The Morgan fingerprint density at radius 1 is 0.607 bits per heavy atom. The van der Waals surface area contributed by atoms with Crippen molar-refractivity contribution >= 4 is 23.1 Å². The predicted molar refractivity (Wildman–Crippen MR) is 114 cm³/mol. The van der Waals surface area contributed by atoms with Gasteiger partial charge in [-0.1, -0.05) is 60.7 Å². The van der Waals surface area contributed by atoms with Gasteiger partial charge in [-0.15, -0.1) is 0 Å². The first-order valence-corrected chi connectivity index (χ1v) is 9.57. The molecule has 4 aromatic carbocycles. The monoisotopic (exact) mass is 360 g/mol. The molecule has 2 nitrogen and oxygen atoms in total. The highest BCUT2D eigenvalue weighted by Gasteiger charge is 2.39. The summed E-state index contributed by atoms with van der Waals surface area (Å²) < 4.78 is 12.5. The maximum atomic E-state index is 6.28. The lowest BCUT2D eigenvalue weighted by atomic mass is 9.35. The predicted octanol–water partition coefficient (Wildman–Crippen LogP) is 4.39. The maximum absolute atomic E-state index is 6.28. The smallest absolute Gasteiger partial charge is 0.260 e. The molecule has 2 aliphatic rings. The van der Waals surface area contributed by atoms with Crippen molar-refractivity contribution in [2.24, 2.45) is 0 Å². The van der Waals surface area contributed by atoms with Crippen LogP contribution in [0.3, 0.4) is 0 Å². The highest BCUT2D eigenvalue weighted by atomic mass is 16.5. The summed E-state index contributed by atoms with van der Waals surface area (Å²) in [6.07, 6.45) is 0. The van der Waals surface area contributed by atoms with E-state index in [9.17, 15) is 0 Å². The van der Waals surface area contributed by atoms with Gasteiger partial charge in [0.2, 0.25) is 0 Å². The average Bonchev–Trinajstić information content (AvgIpc) is 2.74. The number of benzene rings is 4. The molecule has 0 fully saturated rings. The molecule has 2 heterocycles. The van der Waals surface area contributed by atoms with Crippen LogP contribution >= 0.6 is 0 Å². The quantitative estimate of drug-likeness (QED) is 0.405. The summed E-state index contributed by atoms with van der Waals surface area (Å²) in [5.41, 5.74) is 7.24. The number of hydrogen-bond donors (Lipinski definition) is 0. The van der Waals surface area contributed by atoms with Crippen molar-refractivity contribution in [3.63, 3.8) is 0 Å². The minimum atomic E-state index is 0.115. The Morgan fingerprint density at radius 2 is 1.29 bits per heavy atom. The second-order valence-electron chi connectivity index (χ2n) is 7.41. The van der Waals surface area contributed by atoms with Crippen molar-refractivity contribution in [2.75, 3.05) is 0 Å². The maximum Gasteiger partial charge on any atom is 0.260 e. The molecule has 4 aromatic rings. The zero-order chi connectivity index (χ0) is 18.7. The van der Waals surface area contributed by atoms with Gasteiger partial charge >= 0.3 is 0 Å². The molecular formula is C25H17BO2. The van der Waals surface area contributed by atoms with Crippen LogP contribution < -0.4 is 25.9 Å².